The number of aliphatic hydroxyl groups is 1. The SMILES string of the molecule is C=CC(=O)C(O)Cc1c(CN)c(-n2nc3ccccc3n2)c(C)c(O)c1-n1nc2ccccc2n1. The first-order chi connectivity index (χ1) is 16.9. The van der Waals surface area contributed by atoms with Crippen LogP contribution in [0.5, 0.6) is 5.75 Å². The number of phenols is 1. The lowest BCUT2D eigenvalue weighted by atomic mass is 9.93. The highest BCUT2D eigenvalue weighted by molar-refractivity contribution is 5.93. The van der Waals surface area contributed by atoms with Gasteiger partial charge in [-0.15, -0.1) is 30.0 Å². The zero-order valence-electron chi connectivity index (χ0n) is 19.0. The molecule has 5 rings (SSSR count). The first-order valence-electron chi connectivity index (χ1n) is 11.0. The number of nitrogens with zero attached hydrogens (tertiary/aromatic N) is 6. The number of hydrogen-bond acceptors (Lipinski definition) is 8. The van der Waals surface area contributed by atoms with Gasteiger partial charge in [0.2, 0.25) is 0 Å². The summed E-state index contributed by atoms with van der Waals surface area (Å²) >= 11 is 0. The molecule has 0 aliphatic heterocycles. The van der Waals surface area contributed by atoms with Crippen LogP contribution in [0.2, 0.25) is 0 Å². The molecule has 0 bridgehead atoms. The lowest BCUT2D eigenvalue weighted by Crippen LogP contribution is -2.25. The number of carbonyl (C=O) groups excluding carboxylic acids is 1. The summed E-state index contributed by atoms with van der Waals surface area (Å²) in [6, 6.07) is 14.6. The maximum Gasteiger partial charge on any atom is 0.183 e. The van der Waals surface area contributed by atoms with Gasteiger partial charge in [0, 0.05) is 18.5 Å². The standard InChI is InChI=1S/C25H23N7O3/c1-3-21(33)22(34)12-15-16(13-26)23(31-27-17-8-4-5-9-18(17)28-31)14(2)25(35)24(15)32-29-19-10-6-7-11-20(19)30-32/h3-11,22,34-35H,1,12-13,26H2,2H3. The number of hydrogen-bond donors (Lipinski definition) is 3. The molecule has 3 aromatic carbocycles. The Kier molecular flexibility index (Phi) is 5.59. The minimum atomic E-state index is -1.40. The molecule has 2 aromatic heterocycles. The van der Waals surface area contributed by atoms with Crippen LogP contribution in [0.4, 0.5) is 0 Å². The average molecular weight is 470 g/mol. The van der Waals surface area contributed by atoms with Crippen molar-refractivity contribution in [2.45, 2.75) is 26.0 Å². The van der Waals surface area contributed by atoms with Gasteiger partial charge in [0.25, 0.3) is 0 Å². The molecule has 35 heavy (non-hydrogen) atoms. The van der Waals surface area contributed by atoms with Gasteiger partial charge in [-0.1, -0.05) is 30.8 Å². The molecule has 0 aliphatic rings. The van der Waals surface area contributed by atoms with Crippen LogP contribution >= 0.6 is 0 Å². The van der Waals surface area contributed by atoms with Crippen LogP contribution in [0.3, 0.4) is 0 Å². The molecular weight excluding hydrogens is 446 g/mol. The van der Waals surface area contributed by atoms with Crippen LogP contribution in [-0.4, -0.2) is 52.1 Å². The van der Waals surface area contributed by atoms with Gasteiger partial charge in [-0.25, -0.2) is 0 Å². The highest BCUT2D eigenvalue weighted by atomic mass is 16.3. The number of phenolic OH excluding ortho intramolecular Hbond substituents is 1. The summed E-state index contributed by atoms with van der Waals surface area (Å²) < 4.78 is 0. The predicted molar refractivity (Wildman–Crippen MR) is 130 cm³/mol. The van der Waals surface area contributed by atoms with Gasteiger partial charge in [-0.05, 0) is 48.4 Å². The summed E-state index contributed by atoms with van der Waals surface area (Å²) in [5, 5.41) is 40.1. The molecule has 5 aromatic rings. The maximum absolute atomic E-state index is 12.2. The molecule has 1 atom stereocenters. The smallest absolute Gasteiger partial charge is 0.183 e. The molecule has 0 spiro atoms. The molecule has 176 valence electrons. The lowest BCUT2D eigenvalue weighted by molar-refractivity contribution is -0.122. The molecule has 10 nitrogen and oxygen atoms in total. The van der Waals surface area contributed by atoms with E-state index >= 15 is 0 Å². The summed E-state index contributed by atoms with van der Waals surface area (Å²) in [7, 11) is 0. The van der Waals surface area contributed by atoms with Gasteiger partial charge in [0.05, 0.1) is 5.69 Å². The fourth-order valence-electron chi connectivity index (χ4n) is 4.22. The lowest BCUT2D eigenvalue weighted by Gasteiger charge is -2.22. The minimum absolute atomic E-state index is 0.0203. The van der Waals surface area contributed by atoms with E-state index < -0.39 is 11.9 Å². The van der Waals surface area contributed by atoms with Crippen molar-refractivity contribution in [3.05, 3.63) is 77.9 Å². The molecule has 0 aliphatic carbocycles. The van der Waals surface area contributed by atoms with E-state index in [0.29, 0.717) is 44.4 Å². The van der Waals surface area contributed by atoms with Crippen molar-refractivity contribution in [3.8, 4) is 17.1 Å². The van der Waals surface area contributed by atoms with Crippen molar-refractivity contribution in [1.82, 2.24) is 30.0 Å². The molecule has 2 heterocycles. The highest BCUT2D eigenvalue weighted by Gasteiger charge is 2.28. The largest absolute Gasteiger partial charge is 0.505 e. The second-order valence-electron chi connectivity index (χ2n) is 8.11. The van der Waals surface area contributed by atoms with Crippen molar-refractivity contribution in [2.75, 3.05) is 0 Å². The summed E-state index contributed by atoms with van der Waals surface area (Å²) in [5.41, 5.74) is 10.9. The molecule has 0 radical (unpaired) electrons. The van der Waals surface area contributed by atoms with Crippen molar-refractivity contribution < 1.29 is 15.0 Å². The Morgan fingerprint density at radius 2 is 1.40 bits per heavy atom. The zero-order valence-corrected chi connectivity index (χ0v) is 19.0. The third-order valence-electron chi connectivity index (χ3n) is 5.98. The van der Waals surface area contributed by atoms with Crippen LogP contribution in [0.1, 0.15) is 16.7 Å². The second kappa shape index (κ2) is 8.75. The fraction of sp³-hybridized carbons (Fsp3) is 0.160. The average Bonchev–Trinajstić information content (AvgIpc) is 3.49. The minimum Gasteiger partial charge on any atom is -0.505 e. The monoisotopic (exact) mass is 469 g/mol. The van der Waals surface area contributed by atoms with Gasteiger partial charge in [-0.2, -0.15) is 0 Å². The molecule has 0 saturated carbocycles. The Morgan fingerprint density at radius 1 is 0.943 bits per heavy atom. The number of carbonyl (C=O) groups is 1. The van der Waals surface area contributed by atoms with Crippen molar-refractivity contribution in [1.29, 1.82) is 0 Å². The van der Waals surface area contributed by atoms with Gasteiger partial charge in [0.15, 0.2) is 5.78 Å². The van der Waals surface area contributed by atoms with Crippen molar-refractivity contribution in [3.63, 3.8) is 0 Å². The van der Waals surface area contributed by atoms with Gasteiger partial charge in [-0.3, -0.25) is 4.79 Å². The number of aromatic hydroxyl groups is 1. The quantitative estimate of drug-likeness (QED) is 0.308. The molecule has 4 N–H and O–H groups in total. The van der Waals surface area contributed by atoms with E-state index in [1.54, 1.807) is 19.1 Å². The zero-order chi connectivity index (χ0) is 24.7. The molecular formula is C25H23N7O3. The first kappa shape index (κ1) is 22.4. The Balaban J connectivity index is 1.81. The van der Waals surface area contributed by atoms with E-state index in [4.69, 9.17) is 5.73 Å². The van der Waals surface area contributed by atoms with Crippen LogP contribution in [-0.2, 0) is 17.8 Å². The maximum atomic E-state index is 12.2. The van der Waals surface area contributed by atoms with Gasteiger partial charge < -0.3 is 15.9 Å². The summed E-state index contributed by atoms with van der Waals surface area (Å²) in [4.78, 5) is 14.9. The summed E-state index contributed by atoms with van der Waals surface area (Å²) in [5.74, 6) is -0.686. The third kappa shape index (κ3) is 3.74. The molecule has 0 saturated heterocycles. The molecule has 0 amide bonds. The number of aliphatic hydroxyl groups excluding tert-OH is 1. The van der Waals surface area contributed by atoms with Gasteiger partial charge in [0.1, 0.15) is 39.6 Å². The van der Waals surface area contributed by atoms with Crippen LogP contribution in [0.15, 0.2) is 61.2 Å². The Bertz CT molecular complexity index is 1540. The number of fused-ring (bicyclic) bond motifs is 2. The predicted octanol–water partition coefficient (Wildman–Crippen LogP) is 2.29. The molecule has 0 fully saturated rings. The normalized spacial score (nSPS) is 12.3. The Morgan fingerprint density at radius 3 is 1.83 bits per heavy atom. The van der Waals surface area contributed by atoms with E-state index in [1.165, 1.54) is 9.59 Å². The first-order valence-corrected chi connectivity index (χ1v) is 11.0. The topological polar surface area (TPSA) is 145 Å². The number of ketones is 1. The summed E-state index contributed by atoms with van der Waals surface area (Å²) in [6.45, 7) is 5.20. The molecule has 1 unspecified atom stereocenters. The van der Waals surface area contributed by atoms with E-state index in [-0.39, 0.29) is 24.4 Å². The fourth-order valence-corrected chi connectivity index (χ4v) is 4.22. The number of rotatable bonds is 7. The van der Waals surface area contributed by atoms with E-state index in [1.807, 2.05) is 36.4 Å². The molecule has 10 heteroatoms. The number of nitrogens with two attached hydrogens (primary N) is 1. The number of benzene rings is 3. The van der Waals surface area contributed by atoms with Crippen LogP contribution in [0.25, 0.3) is 33.4 Å². The van der Waals surface area contributed by atoms with Crippen molar-refractivity contribution in [2.24, 2.45) is 5.73 Å². The summed E-state index contributed by atoms with van der Waals surface area (Å²) in [6.07, 6.45) is -0.489. The highest BCUT2D eigenvalue weighted by Crippen LogP contribution is 2.38. The third-order valence-corrected chi connectivity index (χ3v) is 5.98. The second-order valence-corrected chi connectivity index (χ2v) is 8.11. The van der Waals surface area contributed by atoms with Crippen LogP contribution in [0, 0.1) is 6.92 Å². The van der Waals surface area contributed by atoms with E-state index in [9.17, 15) is 15.0 Å². The van der Waals surface area contributed by atoms with Crippen molar-refractivity contribution >= 4 is 27.9 Å². The number of aromatic nitrogens is 6. The van der Waals surface area contributed by atoms with E-state index in [2.05, 4.69) is 27.0 Å². The van der Waals surface area contributed by atoms with E-state index in [0.717, 1.165) is 6.08 Å². The Hall–Kier alpha value is -4.41. The van der Waals surface area contributed by atoms with Crippen LogP contribution < -0.4 is 5.73 Å². The Labute approximate surface area is 199 Å². The van der Waals surface area contributed by atoms with Gasteiger partial charge >= 0.3 is 0 Å².